The number of nitrogens with one attached hydrogen (secondary N) is 2. The van der Waals surface area contributed by atoms with Crippen molar-refractivity contribution in [1.82, 2.24) is 10.6 Å². The molecule has 1 rings (SSSR count). The SMILES string of the molecule is CCOC(=O)CNC(=O)CNC(=O)c1ccccc1F. The largest absolute Gasteiger partial charge is 0.465 e. The lowest BCUT2D eigenvalue weighted by Gasteiger charge is -2.07. The van der Waals surface area contributed by atoms with E-state index in [2.05, 4.69) is 15.4 Å². The van der Waals surface area contributed by atoms with E-state index in [0.717, 1.165) is 6.07 Å². The molecule has 2 N–H and O–H groups in total. The van der Waals surface area contributed by atoms with Crippen LogP contribution in [0.1, 0.15) is 17.3 Å². The predicted molar refractivity (Wildman–Crippen MR) is 68.4 cm³/mol. The third-order valence-electron chi connectivity index (χ3n) is 2.26. The smallest absolute Gasteiger partial charge is 0.325 e. The summed E-state index contributed by atoms with van der Waals surface area (Å²) in [5.41, 5.74) is -0.148. The third-order valence-corrected chi connectivity index (χ3v) is 2.26. The van der Waals surface area contributed by atoms with Crippen molar-refractivity contribution >= 4 is 17.8 Å². The average molecular weight is 282 g/mol. The highest BCUT2D eigenvalue weighted by Crippen LogP contribution is 2.05. The molecule has 0 spiro atoms. The maximum absolute atomic E-state index is 13.3. The van der Waals surface area contributed by atoms with Crippen LogP contribution in [0.25, 0.3) is 0 Å². The molecule has 0 radical (unpaired) electrons. The van der Waals surface area contributed by atoms with Gasteiger partial charge in [0.1, 0.15) is 12.4 Å². The van der Waals surface area contributed by atoms with Crippen LogP contribution in [0, 0.1) is 5.82 Å². The normalized spacial score (nSPS) is 9.70. The molecule has 0 aliphatic carbocycles. The fourth-order valence-electron chi connectivity index (χ4n) is 1.35. The molecule has 6 nitrogen and oxygen atoms in total. The number of carbonyl (C=O) groups excluding carboxylic acids is 3. The number of carbonyl (C=O) groups is 3. The zero-order valence-electron chi connectivity index (χ0n) is 10.9. The Morgan fingerprint density at radius 1 is 1.15 bits per heavy atom. The summed E-state index contributed by atoms with van der Waals surface area (Å²) < 4.78 is 17.9. The molecule has 20 heavy (non-hydrogen) atoms. The van der Waals surface area contributed by atoms with Gasteiger partial charge in [-0.25, -0.2) is 4.39 Å². The molecule has 0 unspecified atom stereocenters. The number of esters is 1. The van der Waals surface area contributed by atoms with Crippen molar-refractivity contribution in [2.24, 2.45) is 0 Å². The maximum atomic E-state index is 13.3. The van der Waals surface area contributed by atoms with Crippen molar-refractivity contribution in [3.63, 3.8) is 0 Å². The topological polar surface area (TPSA) is 84.5 Å². The number of halogens is 1. The van der Waals surface area contributed by atoms with Gasteiger partial charge in [-0.05, 0) is 19.1 Å². The van der Waals surface area contributed by atoms with Crippen molar-refractivity contribution in [3.05, 3.63) is 35.6 Å². The van der Waals surface area contributed by atoms with Crippen LogP contribution in [-0.4, -0.2) is 37.5 Å². The minimum atomic E-state index is -0.700. The molecule has 0 saturated heterocycles. The van der Waals surface area contributed by atoms with E-state index in [1.807, 2.05) is 0 Å². The van der Waals surface area contributed by atoms with Crippen LogP contribution < -0.4 is 10.6 Å². The molecule has 0 fully saturated rings. The molecule has 2 amide bonds. The highest BCUT2D eigenvalue weighted by atomic mass is 19.1. The minimum absolute atomic E-state index is 0.148. The molecular formula is C13H15FN2O4. The van der Waals surface area contributed by atoms with Crippen LogP contribution in [0.5, 0.6) is 0 Å². The van der Waals surface area contributed by atoms with Gasteiger partial charge in [0, 0.05) is 0 Å². The second-order valence-corrected chi connectivity index (χ2v) is 3.74. The van der Waals surface area contributed by atoms with Crippen molar-refractivity contribution < 1.29 is 23.5 Å². The molecule has 7 heteroatoms. The lowest BCUT2D eigenvalue weighted by molar-refractivity contribution is -0.143. The molecule has 0 aromatic heterocycles. The van der Waals surface area contributed by atoms with Crippen molar-refractivity contribution in [1.29, 1.82) is 0 Å². The number of hydrogen-bond donors (Lipinski definition) is 2. The van der Waals surface area contributed by atoms with E-state index in [0.29, 0.717) is 0 Å². The number of benzene rings is 1. The van der Waals surface area contributed by atoms with E-state index in [1.165, 1.54) is 18.2 Å². The van der Waals surface area contributed by atoms with Gasteiger partial charge in [0.15, 0.2) is 0 Å². The van der Waals surface area contributed by atoms with Crippen molar-refractivity contribution in [3.8, 4) is 0 Å². The quantitative estimate of drug-likeness (QED) is 0.732. The third kappa shape index (κ3) is 5.05. The number of ether oxygens (including phenoxy) is 1. The van der Waals surface area contributed by atoms with Gasteiger partial charge < -0.3 is 15.4 Å². The highest BCUT2D eigenvalue weighted by Gasteiger charge is 2.12. The Morgan fingerprint density at radius 3 is 2.50 bits per heavy atom. The van der Waals surface area contributed by atoms with E-state index >= 15 is 0 Å². The van der Waals surface area contributed by atoms with Crippen LogP contribution >= 0.6 is 0 Å². The van der Waals surface area contributed by atoms with Crippen molar-refractivity contribution in [2.45, 2.75) is 6.92 Å². The second kappa shape index (κ2) is 7.88. The summed E-state index contributed by atoms with van der Waals surface area (Å²) in [6, 6.07) is 5.42. The van der Waals surface area contributed by atoms with Gasteiger partial charge in [-0.15, -0.1) is 0 Å². The highest BCUT2D eigenvalue weighted by molar-refractivity contribution is 5.96. The molecule has 1 aromatic rings. The summed E-state index contributed by atoms with van der Waals surface area (Å²) in [5.74, 6) is -2.50. The molecule has 0 saturated carbocycles. The van der Waals surface area contributed by atoms with Gasteiger partial charge in [-0.2, -0.15) is 0 Å². The Kier molecular flexibility index (Phi) is 6.15. The summed E-state index contributed by atoms with van der Waals surface area (Å²) in [5, 5.41) is 4.52. The molecule has 0 aliphatic heterocycles. The van der Waals surface area contributed by atoms with Gasteiger partial charge in [0.25, 0.3) is 5.91 Å². The van der Waals surface area contributed by atoms with Crippen LogP contribution in [-0.2, 0) is 14.3 Å². The van der Waals surface area contributed by atoms with Crippen LogP contribution in [0.15, 0.2) is 24.3 Å². The summed E-state index contributed by atoms with van der Waals surface area (Å²) in [4.78, 5) is 33.9. The number of rotatable bonds is 6. The minimum Gasteiger partial charge on any atom is -0.465 e. The first-order valence-electron chi connectivity index (χ1n) is 5.99. The Morgan fingerprint density at radius 2 is 1.85 bits per heavy atom. The monoisotopic (exact) mass is 282 g/mol. The Balaban J connectivity index is 2.36. The van der Waals surface area contributed by atoms with Crippen molar-refractivity contribution in [2.75, 3.05) is 19.7 Å². The number of hydrogen-bond acceptors (Lipinski definition) is 4. The molecule has 0 aliphatic rings. The molecule has 0 bridgehead atoms. The van der Waals surface area contributed by atoms with E-state index in [1.54, 1.807) is 6.92 Å². The number of amides is 2. The molecule has 0 heterocycles. The standard InChI is InChI=1S/C13H15FN2O4/c1-2-20-12(18)8-15-11(17)7-16-13(19)9-5-3-4-6-10(9)14/h3-6H,2,7-8H2,1H3,(H,15,17)(H,16,19). The summed E-state index contributed by atoms with van der Waals surface area (Å²) in [6.45, 7) is 1.24. The summed E-state index contributed by atoms with van der Waals surface area (Å²) in [6.07, 6.45) is 0. The van der Waals surface area contributed by atoms with E-state index in [4.69, 9.17) is 0 Å². The Bertz CT molecular complexity index is 505. The van der Waals surface area contributed by atoms with Crippen LogP contribution in [0.2, 0.25) is 0 Å². The molecule has 1 aromatic carbocycles. The van der Waals surface area contributed by atoms with Gasteiger partial charge >= 0.3 is 5.97 Å². The van der Waals surface area contributed by atoms with Crippen LogP contribution in [0.4, 0.5) is 4.39 Å². The average Bonchev–Trinajstić information content (AvgIpc) is 2.43. The van der Waals surface area contributed by atoms with Gasteiger partial charge in [-0.3, -0.25) is 14.4 Å². The Labute approximate surface area is 115 Å². The summed E-state index contributed by atoms with van der Waals surface area (Å²) >= 11 is 0. The van der Waals surface area contributed by atoms with Gasteiger partial charge in [0.05, 0.1) is 18.7 Å². The first-order valence-corrected chi connectivity index (χ1v) is 5.99. The second-order valence-electron chi connectivity index (χ2n) is 3.74. The van der Waals surface area contributed by atoms with Gasteiger partial charge in [-0.1, -0.05) is 12.1 Å². The lowest BCUT2D eigenvalue weighted by Crippen LogP contribution is -2.39. The van der Waals surface area contributed by atoms with E-state index in [-0.39, 0.29) is 25.3 Å². The summed E-state index contributed by atoms with van der Waals surface area (Å²) in [7, 11) is 0. The maximum Gasteiger partial charge on any atom is 0.325 e. The lowest BCUT2D eigenvalue weighted by atomic mass is 10.2. The fraction of sp³-hybridized carbons (Fsp3) is 0.308. The first kappa shape index (κ1) is 15.6. The zero-order chi connectivity index (χ0) is 15.0. The zero-order valence-corrected chi connectivity index (χ0v) is 10.9. The van der Waals surface area contributed by atoms with Gasteiger partial charge in [0.2, 0.25) is 5.91 Å². The van der Waals surface area contributed by atoms with E-state index < -0.39 is 23.6 Å². The Hall–Kier alpha value is -2.44. The molecule has 0 atom stereocenters. The first-order chi connectivity index (χ1) is 9.54. The molecule has 108 valence electrons. The molecular weight excluding hydrogens is 267 g/mol. The van der Waals surface area contributed by atoms with E-state index in [9.17, 15) is 18.8 Å². The fourth-order valence-corrected chi connectivity index (χ4v) is 1.35. The van der Waals surface area contributed by atoms with Crippen LogP contribution in [0.3, 0.4) is 0 Å². The predicted octanol–water partition coefficient (Wildman–Crippen LogP) is 0.235.